The summed E-state index contributed by atoms with van der Waals surface area (Å²) in [6.45, 7) is 0.379. The highest BCUT2D eigenvalue weighted by Crippen LogP contribution is 2.30. The van der Waals surface area contributed by atoms with Gasteiger partial charge in [-0.3, -0.25) is 4.79 Å². The number of halogens is 1. The van der Waals surface area contributed by atoms with Crippen LogP contribution in [0.2, 0.25) is 0 Å². The van der Waals surface area contributed by atoms with Gasteiger partial charge in [0.2, 0.25) is 0 Å². The third-order valence-corrected chi connectivity index (χ3v) is 4.27. The molecule has 1 aliphatic rings. The number of aromatic nitrogens is 1. The van der Waals surface area contributed by atoms with Crippen molar-refractivity contribution in [2.75, 3.05) is 0 Å². The van der Waals surface area contributed by atoms with Crippen molar-refractivity contribution in [2.24, 2.45) is 5.73 Å². The highest BCUT2D eigenvalue weighted by Gasteiger charge is 2.24. The minimum atomic E-state index is -0.113. The van der Waals surface area contributed by atoms with Gasteiger partial charge in [-0.1, -0.05) is 24.3 Å². The number of carbonyl (C=O) groups excluding carboxylic acids is 1. The number of nitrogens with two attached hydrogens (primary N) is 1. The molecule has 1 aromatic carbocycles. The fraction of sp³-hybridized carbons (Fsp3) is 0.286. The Hall–Kier alpha value is -1.43. The lowest BCUT2D eigenvalue weighted by Gasteiger charge is -2.12. The number of rotatable bonds is 3. The van der Waals surface area contributed by atoms with Crippen LogP contribution in [0.5, 0.6) is 0 Å². The number of nitrogens with zero attached hydrogens (tertiary/aromatic N) is 1. The van der Waals surface area contributed by atoms with E-state index >= 15 is 0 Å². The van der Waals surface area contributed by atoms with Gasteiger partial charge >= 0.3 is 0 Å². The van der Waals surface area contributed by atoms with Crippen LogP contribution in [0.3, 0.4) is 0 Å². The number of hydrogen-bond acceptors (Lipinski definition) is 4. The predicted octanol–water partition coefficient (Wildman–Crippen LogP) is 2.44. The van der Waals surface area contributed by atoms with Crippen molar-refractivity contribution >= 4 is 29.7 Å². The summed E-state index contributed by atoms with van der Waals surface area (Å²) < 4.78 is 0. The van der Waals surface area contributed by atoms with Gasteiger partial charge in [0.05, 0.1) is 6.04 Å². The first kappa shape index (κ1) is 15.0. The summed E-state index contributed by atoms with van der Waals surface area (Å²) in [6, 6.07) is 8.36. The van der Waals surface area contributed by atoms with Crippen LogP contribution in [0.15, 0.2) is 29.6 Å². The zero-order valence-electron chi connectivity index (χ0n) is 10.8. The molecular formula is C14H16ClN3OS. The predicted molar refractivity (Wildman–Crippen MR) is 82.2 cm³/mol. The minimum Gasteiger partial charge on any atom is -0.344 e. The Balaban J connectivity index is 0.00000147. The molecule has 4 nitrogen and oxygen atoms in total. The van der Waals surface area contributed by atoms with Gasteiger partial charge in [-0.2, -0.15) is 0 Å². The number of hydrogen-bond donors (Lipinski definition) is 2. The number of carbonyl (C=O) groups is 1. The van der Waals surface area contributed by atoms with Gasteiger partial charge in [-0.05, 0) is 24.0 Å². The summed E-state index contributed by atoms with van der Waals surface area (Å²) in [4.78, 5) is 16.3. The average Bonchev–Trinajstić information content (AvgIpc) is 3.06. The monoisotopic (exact) mass is 309 g/mol. The SMILES string of the molecule is Cl.NCc1nc(C(=O)NC2CCc3ccccc32)cs1. The van der Waals surface area contributed by atoms with Crippen LogP contribution in [0, 0.1) is 0 Å². The lowest BCUT2D eigenvalue weighted by atomic mass is 10.1. The molecular weight excluding hydrogens is 294 g/mol. The van der Waals surface area contributed by atoms with Crippen molar-refractivity contribution in [2.45, 2.75) is 25.4 Å². The molecule has 2 aromatic rings. The molecule has 0 spiro atoms. The smallest absolute Gasteiger partial charge is 0.271 e. The molecule has 0 aliphatic heterocycles. The fourth-order valence-corrected chi connectivity index (χ4v) is 3.10. The molecule has 106 valence electrons. The van der Waals surface area contributed by atoms with E-state index in [0.717, 1.165) is 17.8 Å². The topological polar surface area (TPSA) is 68.0 Å². The van der Waals surface area contributed by atoms with Gasteiger partial charge in [-0.15, -0.1) is 23.7 Å². The van der Waals surface area contributed by atoms with Crippen molar-refractivity contribution in [1.29, 1.82) is 0 Å². The van der Waals surface area contributed by atoms with Crippen LogP contribution in [0.25, 0.3) is 0 Å². The van der Waals surface area contributed by atoms with Gasteiger partial charge < -0.3 is 11.1 Å². The molecule has 1 unspecified atom stereocenters. The molecule has 1 atom stereocenters. The average molecular weight is 310 g/mol. The van der Waals surface area contributed by atoms with Crippen LogP contribution in [0.4, 0.5) is 0 Å². The normalized spacial score (nSPS) is 16.4. The van der Waals surface area contributed by atoms with Gasteiger partial charge in [0.15, 0.2) is 0 Å². The van der Waals surface area contributed by atoms with Crippen molar-refractivity contribution < 1.29 is 4.79 Å². The van der Waals surface area contributed by atoms with Crippen molar-refractivity contribution in [3.63, 3.8) is 0 Å². The summed E-state index contributed by atoms with van der Waals surface area (Å²) in [7, 11) is 0. The van der Waals surface area contributed by atoms with E-state index in [-0.39, 0.29) is 24.4 Å². The van der Waals surface area contributed by atoms with E-state index in [0.29, 0.717) is 12.2 Å². The maximum Gasteiger partial charge on any atom is 0.271 e. The molecule has 3 N–H and O–H groups in total. The molecule has 0 radical (unpaired) electrons. The van der Waals surface area contributed by atoms with Crippen LogP contribution in [0.1, 0.15) is 39.1 Å². The number of nitrogens with one attached hydrogen (secondary N) is 1. The number of fused-ring (bicyclic) bond motifs is 1. The Bertz CT molecular complexity index is 614. The third-order valence-electron chi connectivity index (χ3n) is 3.40. The zero-order chi connectivity index (χ0) is 13.2. The molecule has 20 heavy (non-hydrogen) atoms. The molecule has 1 heterocycles. The van der Waals surface area contributed by atoms with E-state index in [2.05, 4.69) is 22.4 Å². The first-order valence-electron chi connectivity index (χ1n) is 6.31. The summed E-state index contributed by atoms with van der Waals surface area (Å²) in [6.07, 6.45) is 1.98. The second kappa shape index (κ2) is 6.35. The van der Waals surface area contributed by atoms with Crippen molar-refractivity contribution in [3.8, 4) is 0 Å². The van der Waals surface area contributed by atoms with E-state index in [4.69, 9.17) is 5.73 Å². The van der Waals surface area contributed by atoms with Gasteiger partial charge in [0, 0.05) is 11.9 Å². The Morgan fingerprint density at radius 2 is 2.25 bits per heavy atom. The quantitative estimate of drug-likeness (QED) is 0.915. The Labute approximate surface area is 127 Å². The Morgan fingerprint density at radius 1 is 1.45 bits per heavy atom. The lowest BCUT2D eigenvalue weighted by Crippen LogP contribution is -2.27. The number of benzene rings is 1. The Kier molecular flexibility index (Phi) is 4.75. The number of amides is 1. The summed E-state index contributed by atoms with van der Waals surface area (Å²) >= 11 is 1.42. The summed E-state index contributed by atoms with van der Waals surface area (Å²) in [5.41, 5.74) is 8.53. The van der Waals surface area contributed by atoms with Crippen LogP contribution >= 0.6 is 23.7 Å². The summed E-state index contributed by atoms with van der Waals surface area (Å²) in [5, 5.41) is 5.60. The van der Waals surface area contributed by atoms with Crippen LogP contribution in [-0.4, -0.2) is 10.9 Å². The van der Waals surface area contributed by atoms with Crippen molar-refractivity contribution in [3.05, 3.63) is 51.5 Å². The first-order valence-corrected chi connectivity index (χ1v) is 7.19. The second-order valence-electron chi connectivity index (χ2n) is 4.59. The molecule has 0 saturated heterocycles. The maximum atomic E-state index is 12.1. The van der Waals surface area contributed by atoms with E-state index < -0.39 is 0 Å². The largest absolute Gasteiger partial charge is 0.344 e. The van der Waals surface area contributed by atoms with Crippen LogP contribution < -0.4 is 11.1 Å². The van der Waals surface area contributed by atoms with E-state index in [9.17, 15) is 4.79 Å². The molecule has 1 amide bonds. The summed E-state index contributed by atoms with van der Waals surface area (Å²) in [5.74, 6) is -0.113. The molecule has 1 aromatic heterocycles. The number of aryl methyl sites for hydroxylation is 1. The Morgan fingerprint density at radius 3 is 3.00 bits per heavy atom. The van der Waals surface area contributed by atoms with Gasteiger partial charge in [0.1, 0.15) is 10.7 Å². The molecule has 0 saturated carbocycles. The van der Waals surface area contributed by atoms with E-state index in [1.54, 1.807) is 5.38 Å². The van der Waals surface area contributed by atoms with Gasteiger partial charge in [-0.25, -0.2) is 4.98 Å². The molecule has 6 heteroatoms. The minimum absolute atomic E-state index is 0. The molecule has 0 fully saturated rings. The van der Waals surface area contributed by atoms with Crippen molar-refractivity contribution in [1.82, 2.24) is 10.3 Å². The lowest BCUT2D eigenvalue weighted by molar-refractivity contribution is 0.0932. The molecule has 3 rings (SSSR count). The number of thiazole rings is 1. The zero-order valence-corrected chi connectivity index (χ0v) is 12.5. The molecule has 0 bridgehead atoms. The third kappa shape index (κ3) is 2.85. The maximum absolute atomic E-state index is 12.1. The highest BCUT2D eigenvalue weighted by atomic mass is 35.5. The standard InChI is InChI=1S/C14H15N3OS.ClH/c15-7-13-16-12(8-19-13)14(18)17-11-6-5-9-3-1-2-4-10(9)11;/h1-4,8,11H,5-7,15H2,(H,17,18);1H. The van der Waals surface area contributed by atoms with E-state index in [1.165, 1.54) is 22.5 Å². The fourth-order valence-electron chi connectivity index (χ4n) is 2.45. The van der Waals surface area contributed by atoms with Gasteiger partial charge in [0.25, 0.3) is 5.91 Å². The van der Waals surface area contributed by atoms with Crippen LogP contribution in [-0.2, 0) is 13.0 Å². The molecule has 1 aliphatic carbocycles. The first-order chi connectivity index (χ1) is 9.28. The second-order valence-corrected chi connectivity index (χ2v) is 5.54. The van der Waals surface area contributed by atoms with E-state index in [1.807, 2.05) is 12.1 Å². The highest BCUT2D eigenvalue weighted by molar-refractivity contribution is 7.09.